The molecule has 3 atom stereocenters. The summed E-state index contributed by atoms with van der Waals surface area (Å²) < 4.78 is 9.26. The van der Waals surface area contributed by atoms with E-state index in [1.165, 1.54) is 18.5 Å². The van der Waals surface area contributed by atoms with Crippen LogP contribution >= 0.6 is 23.3 Å². The first-order valence-corrected chi connectivity index (χ1v) is 13.0. The molecule has 5 nitrogen and oxygen atoms in total. The van der Waals surface area contributed by atoms with Crippen molar-refractivity contribution in [1.82, 2.24) is 9.69 Å². The fourth-order valence-corrected chi connectivity index (χ4v) is 6.99. The molecular formula is C28H24N2O3S2. The summed E-state index contributed by atoms with van der Waals surface area (Å²) in [5.74, 6) is -1.10. The van der Waals surface area contributed by atoms with E-state index in [0.29, 0.717) is 0 Å². The van der Waals surface area contributed by atoms with Crippen LogP contribution in [0.25, 0.3) is 0 Å². The highest BCUT2D eigenvalue weighted by molar-refractivity contribution is 8.01. The minimum Gasteiger partial charge on any atom is -0.456 e. The summed E-state index contributed by atoms with van der Waals surface area (Å²) >= 11 is 2.91. The summed E-state index contributed by atoms with van der Waals surface area (Å²) in [6.45, 7) is 1.37. The van der Waals surface area contributed by atoms with Crippen molar-refractivity contribution in [1.29, 1.82) is 0 Å². The summed E-state index contributed by atoms with van der Waals surface area (Å²) in [7, 11) is 0. The highest BCUT2D eigenvalue weighted by atomic mass is 32.2. The van der Waals surface area contributed by atoms with Crippen LogP contribution in [-0.4, -0.2) is 21.6 Å². The van der Waals surface area contributed by atoms with E-state index in [1.54, 1.807) is 18.0 Å². The van der Waals surface area contributed by atoms with E-state index >= 15 is 0 Å². The number of carbonyl (C=O) groups excluding carboxylic acids is 2. The number of esters is 1. The van der Waals surface area contributed by atoms with E-state index < -0.39 is 22.7 Å². The van der Waals surface area contributed by atoms with Gasteiger partial charge >= 0.3 is 5.97 Å². The Morgan fingerprint density at radius 1 is 0.914 bits per heavy atom. The molecule has 0 spiro atoms. The van der Waals surface area contributed by atoms with Crippen molar-refractivity contribution in [3.63, 3.8) is 0 Å². The Labute approximate surface area is 212 Å². The van der Waals surface area contributed by atoms with Gasteiger partial charge in [-0.2, -0.15) is 0 Å². The van der Waals surface area contributed by atoms with Gasteiger partial charge in [-0.3, -0.25) is 9.59 Å². The summed E-state index contributed by atoms with van der Waals surface area (Å²) in [6, 6.07) is 32.7. The van der Waals surface area contributed by atoms with Gasteiger partial charge in [0.2, 0.25) is 5.91 Å². The van der Waals surface area contributed by atoms with E-state index in [9.17, 15) is 9.59 Å². The van der Waals surface area contributed by atoms with Crippen molar-refractivity contribution < 1.29 is 14.3 Å². The lowest BCUT2D eigenvalue weighted by atomic mass is 9.84. The van der Waals surface area contributed by atoms with Crippen LogP contribution in [0.3, 0.4) is 0 Å². The Morgan fingerprint density at radius 2 is 1.43 bits per heavy atom. The van der Waals surface area contributed by atoms with Crippen molar-refractivity contribution in [3.05, 3.63) is 125 Å². The molecule has 35 heavy (non-hydrogen) atoms. The predicted octanol–water partition coefficient (Wildman–Crippen LogP) is 5.54. The average Bonchev–Trinajstić information content (AvgIpc) is 3.42. The topological polar surface area (TPSA) is 68.3 Å². The third-order valence-electron chi connectivity index (χ3n) is 6.12. The maximum absolute atomic E-state index is 12.9. The first kappa shape index (κ1) is 23.3. The lowest BCUT2D eigenvalue weighted by Crippen LogP contribution is -2.60. The first-order chi connectivity index (χ1) is 17.1. The maximum atomic E-state index is 12.9. The number of rotatable bonds is 8. The van der Waals surface area contributed by atoms with Crippen LogP contribution in [0.15, 0.2) is 103 Å². The molecule has 0 bridgehead atoms. The number of hydrogen-bond donors (Lipinski definition) is 1. The number of carbonyl (C=O) groups is 2. The highest BCUT2D eigenvalue weighted by Gasteiger charge is 2.52. The van der Waals surface area contributed by atoms with Gasteiger partial charge in [-0.1, -0.05) is 91.0 Å². The third-order valence-corrected chi connectivity index (χ3v) is 8.65. The zero-order chi connectivity index (χ0) is 24.3. The van der Waals surface area contributed by atoms with Gasteiger partial charge in [0, 0.05) is 13.1 Å². The Kier molecular flexibility index (Phi) is 6.70. The number of thioether (sulfide) groups is 1. The first-order valence-electron chi connectivity index (χ1n) is 11.3. The smallest absolute Gasteiger partial charge is 0.303 e. The van der Waals surface area contributed by atoms with Crippen LogP contribution in [0.2, 0.25) is 0 Å². The molecule has 1 aliphatic rings. The molecular weight excluding hydrogens is 476 g/mol. The molecule has 0 aliphatic carbocycles. The minimum atomic E-state index is -0.689. The van der Waals surface area contributed by atoms with Crippen molar-refractivity contribution in [2.24, 2.45) is 5.92 Å². The van der Waals surface area contributed by atoms with Crippen molar-refractivity contribution in [3.8, 4) is 0 Å². The quantitative estimate of drug-likeness (QED) is 0.195. The molecule has 1 aromatic heterocycles. The SMILES string of the molecule is CC(=O)OC(c1ccns1)C1C(=O)NC1SC(c1ccccc1)(c1ccccc1)c1ccccc1. The number of nitrogens with one attached hydrogen (secondary N) is 1. The van der Waals surface area contributed by atoms with Gasteiger partial charge in [-0.05, 0) is 34.3 Å². The number of amides is 1. The second-order valence-corrected chi connectivity index (χ2v) is 10.5. The van der Waals surface area contributed by atoms with E-state index in [4.69, 9.17) is 4.74 Å². The normalized spacial score (nSPS) is 18.3. The third kappa shape index (κ3) is 4.49. The molecule has 0 radical (unpaired) electrons. The second kappa shape index (κ2) is 10.1. The molecule has 1 fully saturated rings. The van der Waals surface area contributed by atoms with Crippen LogP contribution in [0, 0.1) is 5.92 Å². The van der Waals surface area contributed by atoms with Gasteiger partial charge in [0.25, 0.3) is 0 Å². The van der Waals surface area contributed by atoms with E-state index in [-0.39, 0.29) is 11.3 Å². The van der Waals surface area contributed by atoms with Gasteiger partial charge < -0.3 is 10.1 Å². The maximum Gasteiger partial charge on any atom is 0.303 e. The molecule has 1 amide bonds. The number of benzene rings is 3. The summed E-state index contributed by atoms with van der Waals surface area (Å²) in [4.78, 5) is 25.7. The zero-order valence-corrected chi connectivity index (χ0v) is 20.7. The molecule has 3 unspecified atom stereocenters. The Morgan fingerprint density at radius 3 is 1.83 bits per heavy atom. The largest absolute Gasteiger partial charge is 0.456 e. The van der Waals surface area contributed by atoms with Crippen LogP contribution < -0.4 is 5.32 Å². The van der Waals surface area contributed by atoms with Gasteiger partial charge in [0.15, 0.2) is 6.10 Å². The number of aromatic nitrogens is 1. The van der Waals surface area contributed by atoms with Crippen molar-refractivity contribution >= 4 is 35.2 Å². The zero-order valence-electron chi connectivity index (χ0n) is 19.0. The lowest BCUT2D eigenvalue weighted by Gasteiger charge is -2.46. The van der Waals surface area contributed by atoms with Gasteiger partial charge in [0.05, 0.1) is 15.0 Å². The number of β-lactam (4-membered cyclic amide) rings is 1. The van der Waals surface area contributed by atoms with Gasteiger partial charge in [0.1, 0.15) is 5.92 Å². The summed E-state index contributed by atoms with van der Waals surface area (Å²) in [5.41, 5.74) is 3.30. The highest BCUT2D eigenvalue weighted by Crippen LogP contribution is 2.54. The fourth-order valence-electron chi connectivity index (χ4n) is 4.54. The average molecular weight is 501 g/mol. The van der Waals surface area contributed by atoms with Crippen molar-refractivity contribution in [2.75, 3.05) is 0 Å². The molecule has 1 aliphatic heterocycles. The number of nitrogens with zero attached hydrogens (tertiary/aromatic N) is 1. The number of hydrogen-bond acceptors (Lipinski definition) is 6. The fraction of sp³-hybridized carbons (Fsp3) is 0.179. The molecule has 176 valence electrons. The lowest BCUT2D eigenvalue weighted by molar-refractivity contribution is -0.156. The van der Waals surface area contributed by atoms with Crippen molar-refractivity contribution in [2.45, 2.75) is 23.1 Å². The standard InChI is InChI=1S/C28H24N2O3S2/c1-19(31)33-25(23-17-18-29-35-23)24-26(32)30-27(24)34-28(20-11-5-2-6-12-20,21-13-7-3-8-14-21)22-15-9-4-10-16-22/h2-18,24-25,27H,1H3,(H,30,32). The molecule has 4 aromatic rings. The molecule has 5 rings (SSSR count). The van der Waals surface area contributed by atoms with Crippen LogP contribution in [0.1, 0.15) is 34.6 Å². The van der Waals surface area contributed by atoms with E-state index in [1.807, 2.05) is 60.7 Å². The monoisotopic (exact) mass is 500 g/mol. The number of ether oxygens (including phenoxy) is 1. The Hall–Kier alpha value is -3.42. The molecule has 2 heterocycles. The minimum absolute atomic E-state index is 0.134. The van der Waals surface area contributed by atoms with Crippen LogP contribution in [0.5, 0.6) is 0 Å². The van der Waals surface area contributed by atoms with Gasteiger partial charge in [-0.15, -0.1) is 11.8 Å². The van der Waals surface area contributed by atoms with E-state index in [2.05, 4.69) is 46.1 Å². The predicted molar refractivity (Wildman–Crippen MR) is 139 cm³/mol. The van der Waals surface area contributed by atoms with Crippen LogP contribution in [0.4, 0.5) is 0 Å². The molecule has 0 saturated carbocycles. The second-order valence-electron chi connectivity index (χ2n) is 8.30. The Bertz CT molecular complexity index is 1190. The summed E-state index contributed by atoms with van der Waals surface area (Å²) in [5, 5.41) is 2.79. The Balaban J connectivity index is 1.63. The molecule has 1 N–H and O–H groups in total. The molecule has 7 heteroatoms. The van der Waals surface area contributed by atoms with Gasteiger partial charge in [-0.25, -0.2) is 4.37 Å². The molecule has 3 aromatic carbocycles. The van der Waals surface area contributed by atoms with E-state index in [0.717, 1.165) is 21.6 Å². The molecule has 1 saturated heterocycles. The summed E-state index contributed by atoms with van der Waals surface area (Å²) in [6.07, 6.45) is 0.975. The van der Waals surface area contributed by atoms with Crippen LogP contribution in [-0.2, 0) is 19.1 Å².